The second-order valence-corrected chi connectivity index (χ2v) is 5.36. The molecule has 1 rings (SSSR count). The van der Waals surface area contributed by atoms with Crippen LogP contribution in [-0.2, 0) is 10.2 Å². The molecule has 1 heterocycles. The van der Waals surface area contributed by atoms with Gasteiger partial charge in [-0.1, -0.05) is 22.0 Å². The van der Waals surface area contributed by atoms with Gasteiger partial charge in [0.25, 0.3) is 10.2 Å². The number of nitrogens with zero attached hydrogens (tertiary/aromatic N) is 1. The molecule has 4 nitrogen and oxygen atoms in total. The van der Waals surface area contributed by atoms with E-state index in [-0.39, 0.29) is 0 Å². The standard InChI is InChI=1S/C6H11BrN2O2S/c1-8-12(10,11)9-4-2-6(7)3-5-9/h2,8H,3-5H2,1H3. The number of nitrogens with one attached hydrogen (secondary N) is 1. The minimum absolute atomic E-state index is 0.448. The third-order valence-corrected chi connectivity index (χ3v) is 3.96. The van der Waals surface area contributed by atoms with Crippen molar-refractivity contribution in [2.24, 2.45) is 0 Å². The van der Waals surface area contributed by atoms with Gasteiger partial charge in [-0.05, 0) is 10.9 Å². The number of halogens is 1. The smallest absolute Gasteiger partial charge is 0.205 e. The molecular formula is C6H11BrN2O2S. The van der Waals surface area contributed by atoms with E-state index < -0.39 is 10.2 Å². The summed E-state index contributed by atoms with van der Waals surface area (Å²) in [7, 11) is -1.81. The molecule has 0 saturated heterocycles. The molecule has 0 unspecified atom stereocenters. The van der Waals surface area contributed by atoms with E-state index in [0.29, 0.717) is 13.1 Å². The summed E-state index contributed by atoms with van der Waals surface area (Å²) in [6.07, 6.45) is 2.61. The Balaban J connectivity index is 2.70. The van der Waals surface area contributed by atoms with E-state index in [9.17, 15) is 8.42 Å². The zero-order valence-electron chi connectivity index (χ0n) is 6.75. The Morgan fingerprint density at radius 1 is 1.67 bits per heavy atom. The minimum atomic E-state index is -3.23. The van der Waals surface area contributed by atoms with E-state index in [4.69, 9.17) is 0 Å². The Labute approximate surface area is 80.9 Å². The van der Waals surface area contributed by atoms with E-state index in [0.717, 1.165) is 10.9 Å². The second-order valence-electron chi connectivity index (χ2n) is 2.47. The van der Waals surface area contributed by atoms with Crippen molar-refractivity contribution in [2.45, 2.75) is 6.42 Å². The predicted molar refractivity (Wildman–Crippen MR) is 51.2 cm³/mol. The largest absolute Gasteiger partial charge is 0.279 e. The maximum Gasteiger partial charge on any atom is 0.279 e. The highest BCUT2D eigenvalue weighted by molar-refractivity contribution is 9.11. The van der Waals surface area contributed by atoms with Crippen LogP contribution in [0.25, 0.3) is 0 Å². The summed E-state index contributed by atoms with van der Waals surface area (Å²) in [6.45, 7) is 0.990. The molecule has 1 N–H and O–H groups in total. The Bertz CT molecular complexity index is 286. The van der Waals surface area contributed by atoms with Gasteiger partial charge in [0.05, 0.1) is 0 Å². The first-order valence-electron chi connectivity index (χ1n) is 3.59. The Hall–Kier alpha value is 0.0900. The summed E-state index contributed by atoms with van der Waals surface area (Å²) in [6, 6.07) is 0. The lowest BCUT2D eigenvalue weighted by Gasteiger charge is -2.23. The molecule has 0 aromatic rings. The molecule has 70 valence electrons. The van der Waals surface area contributed by atoms with Gasteiger partial charge in [-0.15, -0.1) is 0 Å². The van der Waals surface area contributed by atoms with Crippen LogP contribution in [-0.4, -0.2) is 32.9 Å². The fourth-order valence-corrected chi connectivity index (χ4v) is 2.16. The van der Waals surface area contributed by atoms with Crippen LogP contribution in [0.15, 0.2) is 10.6 Å². The first-order valence-corrected chi connectivity index (χ1v) is 5.83. The molecule has 1 aliphatic heterocycles. The van der Waals surface area contributed by atoms with Gasteiger partial charge in [0.15, 0.2) is 0 Å². The molecular weight excluding hydrogens is 244 g/mol. The van der Waals surface area contributed by atoms with E-state index in [2.05, 4.69) is 20.7 Å². The van der Waals surface area contributed by atoms with Crippen LogP contribution in [0.5, 0.6) is 0 Å². The molecule has 1 aliphatic rings. The third kappa shape index (κ3) is 2.29. The fraction of sp³-hybridized carbons (Fsp3) is 0.667. The topological polar surface area (TPSA) is 49.4 Å². The van der Waals surface area contributed by atoms with Crippen LogP contribution in [0.4, 0.5) is 0 Å². The monoisotopic (exact) mass is 254 g/mol. The van der Waals surface area contributed by atoms with Gasteiger partial charge in [0, 0.05) is 20.1 Å². The maximum atomic E-state index is 11.2. The van der Waals surface area contributed by atoms with Crippen LogP contribution >= 0.6 is 15.9 Å². The molecule has 0 fully saturated rings. The maximum absolute atomic E-state index is 11.2. The summed E-state index contributed by atoms with van der Waals surface area (Å²) in [5.41, 5.74) is 0. The molecule has 0 aliphatic carbocycles. The van der Waals surface area contributed by atoms with Gasteiger partial charge >= 0.3 is 0 Å². The van der Waals surface area contributed by atoms with Crippen LogP contribution < -0.4 is 4.72 Å². The molecule has 0 spiro atoms. The lowest BCUT2D eigenvalue weighted by Crippen LogP contribution is -2.41. The predicted octanol–water partition coefficient (Wildman–Crippen LogP) is 0.435. The average Bonchev–Trinajstić information content (AvgIpc) is 2.05. The van der Waals surface area contributed by atoms with Crippen molar-refractivity contribution >= 4 is 26.1 Å². The van der Waals surface area contributed by atoms with Crippen LogP contribution in [0.3, 0.4) is 0 Å². The van der Waals surface area contributed by atoms with Gasteiger partial charge < -0.3 is 0 Å². The highest BCUT2D eigenvalue weighted by Gasteiger charge is 2.21. The molecule has 0 amide bonds. The molecule has 0 bridgehead atoms. The molecule has 0 atom stereocenters. The summed E-state index contributed by atoms with van der Waals surface area (Å²) in [5, 5.41) is 0. The highest BCUT2D eigenvalue weighted by Crippen LogP contribution is 2.17. The Kier molecular flexibility index (Phi) is 3.28. The van der Waals surface area contributed by atoms with E-state index in [1.54, 1.807) is 0 Å². The van der Waals surface area contributed by atoms with Gasteiger partial charge in [-0.3, -0.25) is 0 Å². The van der Waals surface area contributed by atoms with Crippen molar-refractivity contribution in [2.75, 3.05) is 20.1 Å². The van der Waals surface area contributed by atoms with Gasteiger partial charge in [-0.25, -0.2) is 4.72 Å². The van der Waals surface area contributed by atoms with Crippen LogP contribution in [0.1, 0.15) is 6.42 Å². The molecule has 0 aromatic heterocycles. The number of hydrogen-bond donors (Lipinski definition) is 1. The Morgan fingerprint density at radius 3 is 2.75 bits per heavy atom. The zero-order chi connectivity index (χ0) is 9.19. The summed E-state index contributed by atoms with van der Waals surface area (Å²) >= 11 is 3.32. The third-order valence-electron chi connectivity index (χ3n) is 1.71. The molecule has 0 aromatic carbocycles. The minimum Gasteiger partial charge on any atom is -0.205 e. The average molecular weight is 255 g/mol. The summed E-state index contributed by atoms with van der Waals surface area (Å²) < 4.78 is 27.2. The summed E-state index contributed by atoms with van der Waals surface area (Å²) in [4.78, 5) is 0. The van der Waals surface area contributed by atoms with Crippen LogP contribution in [0, 0.1) is 0 Å². The molecule has 0 radical (unpaired) electrons. The van der Waals surface area contributed by atoms with Crippen molar-refractivity contribution < 1.29 is 8.42 Å². The second kappa shape index (κ2) is 3.87. The highest BCUT2D eigenvalue weighted by atomic mass is 79.9. The number of rotatable bonds is 2. The number of hydrogen-bond acceptors (Lipinski definition) is 2. The normalized spacial score (nSPS) is 20.7. The van der Waals surface area contributed by atoms with Crippen molar-refractivity contribution in [3.05, 3.63) is 10.6 Å². The van der Waals surface area contributed by atoms with E-state index in [1.807, 2.05) is 6.08 Å². The lowest BCUT2D eigenvalue weighted by atomic mass is 10.3. The first-order chi connectivity index (χ1) is 5.56. The Morgan fingerprint density at radius 2 is 2.33 bits per heavy atom. The molecule has 0 saturated carbocycles. The SMILES string of the molecule is CNS(=O)(=O)N1CC=C(Br)CC1. The molecule has 6 heteroatoms. The van der Waals surface area contributed by atoms with Crippen LogP contribution in [0.2, 0.25) is 0 Å². The summed E-state index contributed by atoms with van der Waals surface area (Å²) in [5.74, 6) is 0. The first kappa shape index (κ1) is 10.2. The molecule has 12 heavy (non-hydrogen) atoms. The van der Waals surface area contributed by atoms with Gasteiger partial charge in [0.1, 0.15) is 0 Å². The zero-order valence-corrected chi connectivity index (χ0v) is 9.15. The fourth-order valence-electron chi connectivity index (χ4n) is 0.973. The van der Waals surface area contributed by atoms with Crippen molar-refractivity contribution in [1.29, 1.82) is 0 Å². The van der Waals surface area contributed by atoms with Gasteiger partial charge in [0.2, 0.25) is 0 Å². The quantitative estimate of drug-likeness (QED) is 0.778. The van der Waals surface area contributed by atoms with Crippen molar-refractivity contribution in [3.8, 4) is 0 Å². The van der Waals surface area contributed by atoms with Gasteiger partial charge in [-0.2, -0.15) is 12.7 Å². The van der Waals surface area contributed by atoms with E-state index in [1.165, 1.54) is 11.4 Å². The lowest BCUT2D eigenvalue weighted by molar-refractivity contribution is 0.430. The van der Waals surface area contributed by atoms with Crippen molar-refractivity contribution in [3.63, 3.8) is 0 Å². The van der Waals surface area contributed by atoms with Crippen molar-refractivity contribution in [1.82, 2.24) is 9.03 Å². The van der Waals surface area contributed by atoms with E-state index >= 15 is 0 Å².